The van der Waals surface area contributed by atoms with E-state index in [1.54, 1.807) is 4.90 Å². The molecule has 1 amide bonds. The molecule has 0 atom stereocenters. The highest BCUT2D eigenvalue weighted by Crippen LogP contribution is 2.18. The smallest absolute Gasteiger partial charge is 0.287 e. The van der Waals surface area contributed by atoms with Crippen molar-refractivity contribution in [1.29, 1.82) is 0 Å². The predicted octanol–water partition coefficient (Wildman–Crippen LogP) is 1.37. The Labute approximate surface area is 111 Å². The van der Waals surface area contributed by atoms with Gasteiger partial charge in [-0.15, -0.1) is 0 Å². The Balaban J connectivity index is 2.86. The number of carbonyl (C=O) groups is 1. The largest absolute Gasteiger partial charge is 0.351 e. The lowest BCUT2D eigenvalue weighted by Crippen LogP contribution is -2.42. The van der Waals surface area contributed by atoms with Gasteiger partial charge in [0.15, 0.2) is 0 Å². The van der Waals surface area contributed by atoms with Crippen LogP contribution < -0.4 is 5.73 Å². The zero-order chi connectivity index (χ0) is 14.6. The van der Waals surface area contributed by atoms with Crippen LogP contribution in [0.25, 0.3) is 0 Å². The van der Waals surface area contributed by atoms with Gasteiger partial charge >= 0.3 is 0 Å². The van der Waals surface area contributed by atoms with Crippen molar-refractivity contribution >= 4 is 11.6 Å². The number of nitrogens with one attached hydrogen (secondary N) is 1. The maximum atomic E-state index is 12.2. The summed E-state index contributed by atoms with van der Waals surface area (Å²) in [5, 5.41) is 10.6. The van der Waals surface area contributed by atoms with Crippen molar-refractivity contribution in [3.05, 3.63) is 28.1 Å². The van der Waals surface area contributed by atoms with Crippen LogP contribution in [-0.4, -0.2) is 40.3 Å². The number of aromatic amines is 1. The van der Waals surface area contributed by atoms with Gasteiger partial charge < -0.3 is 15.6 Å². The lowest BCUT2D eigenvalue weighted by molar-refractivity contribution is -0.384. The summed E-state index contributed by atoms with van der Waals surface area (Å²) in [6, 6.07) is 1.25. The average molecular weight is 268 g/mol. The van der Waals surface area contributed by atoms with Crippen molar-refractivity contribution in [3.8, 4) is 0 Å². The first-order valence-electron chi connectivity index (χ1n) is 6.13. The molecule has 0 saturated carbocycles. The fraction of sp³-hybridized carbons (Fsp3) is 0.583. The summed E-state index contributed by atoms with van der Waals surface area (Å²) in [6.07, 6.45) is 1.22. The van der Waals surface area contributed by atoms with E-state index in [1.807, 2.05) is 20.8 Å². The molecule has 0 aliphatic rings. The van der Waals surface area contributed by atoms with Crippen molar-refractivity contribution < 1.29 is 9.72 Å². The van der Waals surface area contributed by atoms with Crippen molar-refractivity contribution in [2.24, 2.45) is 11.1 Å². The number of aromatic nitrogens is 1. The number of nitrogens with two attached hydrogens (primary N) is 1. The summed E-state index contributed by atoms with van der Waals surface area (Å²) in [7, 11) is 0. The van der Waals surface area contributed by atoms with Gasteiger partial charge in [0.25, 0.3) is 11.6 Å². The number of hydrogen-bond acceptors (Lipinski definition) is 4. The van der Waals surface area contributed by atoms with E-state index in [0.717, 1.165) is 0 Å². The Morgan fingerprint density at radius 1 is 1.58 bits per heavy atom. The third-order valence-corrected chi connectivity index (χ3v) is 2.95. The van der Waals surface area contributed by atoms with Gasteiger partial charge in [-0.2, -0.15) is 0 Å². The molecule has 0 radical (unpaired) electrons. The first-order chi connectivity index (χ1) is 8.80. The molecule has 1 heterocycles. The zero-order valence-electron chi connectivity index (χ0n) is 11.5. The maximum Gasteiger partial charge on any atom is 0.287 e. The SMILES string of the molecule is CCN(CC(C)(C)CN)C(=O)c1cc([N+](=O)[O-])c[nH]1. The van der Waals surface area contributed by atoms with E-state index in [2.05, 4.69) is 4.98 Å². The molecule has 1 rings (SSSR count). The summed E-state index contributed by atoms with van der Waals surface area (Å²) < 4.78 is 0. The quantitative estimate of drug-likeness (QED) is 0.600. The van der Waals surface area contributed by atoms with E-state index in [0.29, 0.717) is 19.6 Å². The summed E-state index contributed by atoms with van der Waals surface area (Å²) in [4.78, 5) is 26.6. The second kappa shape index (κ2) is 5.83. The third-order valence-electron chi connectivity index (χ3n) is 2.95. The Morgan fingerprint density at radius 3 is 2.63 bits per heavy atom. The first kappa shape index (κ1) is 15.2. The predicted molar refractivity (Wildman–Crippen MR) is 71.9 cm³/mol. The molecule has 0 unspecified atom stereocenters. The molecule has 0 fully saturated rings. The van der Waals surface area contributed by atoms with Crippen LogP contribution in [-0.2, 0) is 0 Å². The highest BCUT2D eigenvalue weighted by molar-refractivity contribution is 5.93. The zero-order valence-corrected chi connectivity index (χ0v) is 11.5. The summed E-state index contributed by atoms with van der Waals surface area (Å²) >= 11 is 0. The number of rotatable bonds is 6. The number of H-pyrrole nitrogens is 1. The molecule has 0 saturated heterocycles. The van der Waals surface area contributed by atoms with Crippen molar-refractivity contribution in [3.63, 3.8) is 0 Å². The van der Waals surface area contributed by atoms with Crippen LogP contribution in [0.15, 0.2) is 12.3 Å². The van der Waals surface area contributed by atoms with Crippen LogP contribution in [0.4, 0.5) is 5.69 Å². The van der Waals surface area contributed by atoms with E-state index in [-0.39, 0.29) is 22.7 Å². The first-order valence-corrected chi connectivity index (χ1v) is 6.13. The average Bonchev–Trinajstić information content (AvgIpc) is 2.85. The molecular weight excluding hydrogens is 248 g/mol. The molecule has 1 aromatic heterocycles. The number of hydrogen-bond donors (Lipinski definition) is 2. The van der Waals surface area contributed by atoms with Gasteiger partial charge in [0.1, 0.15) is 5.69 Å². The lowest BCUT2D eigenvalue weighted by Gasteiger charge is -2.30. The summed E-state index contributed by atoms with van der Waals surface area (Å²) in [6.45, 7) is 7.30. The van der Waals surface area contributed by atoms with E-state index < -0.39 is 4.92 Å². The fourth-order valence-electron chi connectivity index (χ4n) is 1.69. The Hall–Kier alpha value is -1.89. The minimum absolute atomic E-state index is 0.113. The Bertz CT molecular complexity index is 467. The van der Waals surface area contributed by atoms with Gasteiger partial charge in [0.2, 0.25) is 0 Å². The maximum absolute atomic E-state index is 12.2. The molecule has 0 aliphatic carbocycles. The van der Waals surface area contributed by atoms with E-state index >= 15 is 0 Å². The van der Waals surface area contributed by atoms with Gasteiger partial charge in [-0.1, -0.05) is 13.8 Å². The van der Waals surface area contributed by atoms with Crippen LogP contribution in [0.2, 0.25) is 0 Å². The molecule has 7 heteroatoms. The van der Waals surface area contributed by atoms with E-state index in [9.17, 15) is 14.9 Å². The molecule has 0 aliphatic heterocycles. The van der Waals surface area contributed by atoms with Crippen LogP contribution in [0, 0.1) is 15.5 Å². The minimum atomic E-state index is -0.534. The molecule has 0 bridgehead atoms. The van der Waals surface area contributed by atoms with E-state index in [4.69, 9.17) is 5.73 Å². The summed E-state index contributed by atoms with van der Waals surface area (Å²) in [5.41, 5.74) is 5.58. The van der Waals surface area contributed by atoms with Crippen molar-refractivity contribution in [2.45, 2.75) is 20.8 Å². The standard InChI is InChI=1S/C12H20N4O3/c1-4-15(8-12(2,3)7-13)11(17)10-5-9(6-14-10)16(18)19/h5-6,14H,4,7-8,13H2,1-3H3. The summed E-state index contributed by atoms with van der Waals surface area (Å²) in [5.74, 6) is -0.253. The van der Waals surface area contributed by atoms with E-state index in [1.165, 1.54) is 12.3 Å². The topological polar surface area (TPSA) is 105 Å². The highest BCUT2D eigenvalue weighted by Gasteiger charge is 2.25. The Kier molecular flexibility index (Phi) is 4.66. The third kappa shape index (κ3) is 3.78. The second-order valence-corrected chi connectivity index (χ2v) is 5.22. The van der Waals surface area contributed by atoms with Gasteiger partial charge in [0, 0.05) is 19.2 Å². The second-order valence-electron chi connectivity index (χ2n) is 5.22. The van der Waals surface area contributed by atoms with Crippen molar-refractivity contribution in [1.82, 2.24) is 9.88 Å². The highest BCUT2D eigenvalue weighted by atomic mass is 16.6. The molecule has 7 nitrogen and oxygen atoms in total. The number of nitro groups is 1. The van der Waals surface area contributed by atoms with Gasteiger partial charge in [-0.25, -0.2) is 0 Å². The van der Waals surface area contributed by atoms with Crippen LogP contribution in [0.1, 0.15) is 31.3 Å². The van der Waals surface area contributed by atoms with Gasteiger partial charge in [-0.3, -0.25) is 14.9 Å². The molecule has 106 valence electrons. The lowest BCUT2D eigenvalue weighted by atomic mass is 9.93. The van der Waals surface area contributed by atoms with Gasteiger partial charge in [0.05, 0.1) is 11.1 Å². The number of nitrogens with zero attached hydrogens (tertiary/aromatic N) is 2. The van der Waals surface area contributed by atoms with Crippen molar-refractivity contribution in [2.75, 3.05) is 19.6 Å². The normalized spacial score (nSPS) is 11.4. The van der Waals surface area contributed by atoms with Crippen LogP contribution >= 0.6 is 0 Å². The number of carbonyl (C=O) groups excluding carboxylic acids is 1. The monoisotopic (exact) mass is 268 g/mol. The number of amides is 1. The minimum Gasteiger partial charge on any atom is -0.351 e. The van der Waals surface area contributed by atoms with Crippen LogP contribution in [0.3, 0.4) is 0 Å². The molecule has 19 heavy (non-hydrogen) atoms. The fourth-order valence-corrected chi connectivity index (χ4v) is 1.69. The molecular formula is C12H20N4O3. The Morgan fingerprint density at radius 2 is 2.21 bits per heavy atom. The van der Waals surface area contributed by atoms with Gasteiger partial charge in [-0.05, 0) is 18.9 Å². The van der Waals surface area contributed by atoms with Crippen LogP contribution in [0.5, 0.6) is 0 Å². The molecule has 0 spiro atoms. The molecule has 3 N–H and O–H groups in total. The molecule has 0 aromatic carbocycles. The molecule has 1 aromatic rings.